The lowest BCUT2D eigenvalue weighted by Gasteiger charge is -2.07. The molecule has 0 bridgehead atoms. The van der Waals surface area contributed by atoms with E-state index < -0.39 is 16.7 Å². The summed E-state index contributed by atoms with van der Waals surface area (Å²) in [6.45, 7) is 2.01. The van der Waals surface area contributed by atoms with Gasteiger partial charge in [0.15, 0.2) is 0 Å². The van der Waals surface area contributed by atoms with Crippen LogP contribution >= 0.6 is 11.6 Å². The minimum Gasteiger partial charge on any atom is -0.318 e. The summed E-state index contributed by atoms with van der Waals surface area (Å²) in [5.74, 6) is -1.82. The number of hydrogen-bond donors (Lipinski definition) is 2. The molecule has 0 atom stereocenters. The highest BCUT2D eigenvalue weighted by Crippen LogP contribution is 2.27. The SMILES string of the molecule is CCc1ccc(NC(=O)C(=O)Nc2ccc(Cl)c([N+](=O)[O-])c2)cc1. The molecule has 0 heterocycles. The van der Waals surface area contributed by atoms with E-state index in [1.807, 2.05) is 19.1 Å². The lowest BCUT2D eigenvalue weighted by atomic mass is 10.1. The van der Waals surface area contributed by atoms with Crippen LogP contribution in [0.4, 0.5) is 17.1 Å². The van der Waals surface area contributed by atoms with Crippen molar-refractivity contribution in [2.75, 3.05) is 10.6 Å². The molecule has 0 aliphatic heterocycles. The number of nitro benzene ring substituents is 1. The molecule has 7 nitrogen and oxygen atoms in total. The average molecular weight is 348 g/mol. The highest BCUT2D eigenvalue weighted by molar-refractivity contribution is 6.43. The van der Waals surface area contributed by atoms with Crippen LogP contribution in [-0.4, -0.2) is 16.7 Å². The molecule has 2 aromatic carbocycles. The molecule has 0 saturated heterocycles. The Morgan fingerprint density at radius 1 is 1.04 bits per heavy atom. The smallest absolute Gasteiger partial charge is 0.314 e. The topological polar surface area (TPSA) is 101 Å². The molecular weight excluding hydrogens is 334 g/mol. The molecule has 0 aliphatic rings. The fraction of sp³-hybridized carbons (Fsp3) is 0.125. The Morgan fingerprint density at radius 3 is 2.12 bits per heavy atom. The number of carbonyl (C=O) groups excluding carboxylic acids is 2. The number of nitrogens with zero attached hydrogens (tertiary/aromatic N) is 1. The van der Waals surface area contributed by atoms with E-state index in [1.165, 1.54) is 12.1 Å². The highest BCUT2D eigenvalue weighted by atomic mass is 35.5. The van der Waals surface area contributed by atoms with Crippen LogP contribution in [-0.2, 0) is 16.0 Å². The molecule has 0 aromatic heterocycles. The third-order valence-corrected chi connectivity index (χ3v) is 3.55. The van der Waals surface area contributed by atoms with E-state index in [4.69, 9.17) is 11.6 Å². The van der Waals surface area contributed by atoms with Crippen LogP contribution < -0.4 is 10.6 Å². The van der Waals surface area contributed by atoms with Crippen molar-refractivity contribution < 1.29 is 14.5 Å². The van der Waals surface area contributed by atoms with Gasteiger partial charge in [0, 0.05) is 17.4 Å². The van der Waals surface area contributed by atoms with Crippen LogP contribution in [0.3, 0.4) is 0 Å². The number of nitro groups is 1. The Labute approximate surface area is 142 Å². The van der Waals surface area contributed by atoms with Crippen molar-refractivity contribution in [3.63, 3.8) is 0 Å². The zero-order chi connectivity index (χ0) is 17.7. The van der Waals surface area contributed by atoms with Gasteiger partial charge in [-0.25, -0.2) is 0 Å². The Kier molecular flexibility index (Phi) is 5.49. The van der Waals surface area contributed by atoms with Crippen LogP contribution in [0.2, 0.25) is 5.02 Å². The van der Waals surface area contributed by atoms with Crippen molar-refractivity contribution in [1.29, 1.82) is 0 Å². The maximum atomic E-state index is 11.9. The predicted octanol–water partition coefficient (Wildman–Crippen LogP) is 3.39. The molecule has 2 amide bonds. The number of anilines is 2. The van der Waals surface area contributed by atoms with E-state index in [9.17, 15) is 19.7 Å². The second kappa shape index (κ2) is 7.56. The molecule has 8 heteroatoms. The quantitative estimate of drug-likeness (QED) is 0.502. The molecule has 0 fully saturated rings. The molecule has 0 saturated carbocycles. The third-order valence-electron chi connectivity index (χ3n) is 3.23. The van der Waals surface area contributed by atoms with E-state index in [1.54, 1.807) is 12.1 Å². The number of benzene rings is 2. The molecular formula is C16H14ClN3O4. The summed E-state index contributed by atoms with van der Waals surface area (Å²) in [5, 5.41) is 15.5. The molecule has 2 aromatic rings. The number of amides is 2. The van der Waals surface area contributed by atoms with Gasteiger partial charge in [-0.1, -0.05) is 30.7 Å². The van der Waals surface area contributed by atoms with Gasteiger partial charge in [0.1, 0.15) is 5.02 Å². The highest BCUT2D eigenvalue weighted by Gasteiger charge is 2.17. The van der Waals surface area contributed by atoms with E-state index in [0.717, 1.165) is 18.1 Å². The minimum absolute atomic E-state index is 0.0570. The van der Waals surface area contributed by atoms with Gasteiger partial charge in [0.05, 0.1) is 4.92 Å². The molecule has 124 valence electrons. The molecule has 2 N–H and O–H groups in total. The largest absolute Gasteiger partial charge is 0.318 e. The van der Waals surface area contributed by atoms with Gasteiger partial charge in [0.2, 0.25) is 0 Å². The second-order valence-corrected chi connectivity index (χ2v) is 5.29. The van der Waals surface area contributed by atoms with Gasteiger partial charge >= 0.3 is 11.8 Å². The number of aryl methyl sites for hydroxylation is 1. The molecule has 24 heavy (non-hydrogen) atoms. The van der Waals surface area contributed by atoms with Gasteiger partial charge in [-0.15, -0.1) is 0 Å². The average Bonchev–Trinajstić information content (AvgIpc) is 2.57. The predicted molar refractivity (Wildman–Crippen MR) is 91.2 cm³/mol. The number of carbonyl (C=O) groups is 2. The summed E-state index contributed by atoms with van der Waals surface area (Å²) in [7, 11) is 0. The zero-order valence-corrected chi connectivity index (χ0v) is 13.5. The summed E-state index contributed by atoms with van der Waals surface area (Å²) in [6.07, 6.45) is 0.865. The summed E-state index contributed by atoms with van der Waals surface area (Å²) in [6, 6.07) is 10.8. The Hall–Kier alpha value is -2.93. The normalized spacial score (nSPS) is 10.1. The van der Waals surface area contributed by atoms with E-state index in [2.05, 4.69) is 10.6 Å². The lowest BCUT2D eigenvalue weighted by Crippen LogP contribution is -2.29. The van der Waals surface area contributed by atoms with Crippen LogP contribution in [0.15, 0.2) is 42.5 Å². The van der Waals surface area contributed by atoms with Crippen LogP contribution in [0.5, 0.6) is 0 Å². The number of nitrogens with one attached hydrogen (secondary N) is 2. The van der Waals surface area contributed by atoms with Crippen LogP contribution in [0.1, 0.15) is 12.5 Å². The first-order valence-electron chi connectivity index (χ1n) is 7.06. The fourth-order valence-electron chi connectivity index (χ4n) is 1.93. The first-order valence-corrected chi connectivity index (χ1v) is 7.43. The van der Waals surface area contributed by atoms with E-state index >= 15 is 0 Å². The standard InChI is InChI=1S/C16H14ClN3O4/c1-2-10-3-5-11(6-4-10)18-15(21)16(22)19-12-7-8-13(17)14(9-12)20(23)24/h3-9H,2H2,1H3,(H,18,21)(H,19,22). The Bertz CT molecular complexity index is 790. The van der Waals surface area contributed by atoms with Crippen molar-refractivity contribution in [1.82, 2.24) is 0 Å². The number of rotatable bonds is 4. The first-order chi connectivity index (χ1) is 11.4. The van der Waals surface area contributed by atoms with E-state index in [0.29, 0.717) is 5.69 Å². The van der Waals surface area contributed by atoms with Crippen LogP contribution in [0.25, 0.3) is 0 Å². The summed E-state index contributed by atoms with van der Waals surface area (Å²) < 4.78 is 0. The van der Waals surface area contributed by atoms with Gasteiger partial charge < -0.3 is 10.6 Å². The first kappa shape index (κ1) is 17.4. The minimum atomic E-state index is -0.939. The van der Waals surface area contributed by atoms with Gasteiger partial charge in [0.25, 0.3) is 5.69 Å². The maximum Gasteiger partial charge on any atom is 0.314 e. The number of halogens is 1. The van der Waals surface area contributed by atoms with Crippen molar-refractivity contribution in [2.24, 2.45) is 0 Å². The third kappa shape index (κ3) is 4.30. The van der Waals surface area contributed by atoms with Gasteiger partial charge in [-0.05, 0) is 36.2 Å². The summed E-state index contributed by atoms with van der Waals surface area (Å²) in [4.78, 5) is 33.9. The lowest BCUT2D eigenvalue weighted by molar-refractivity contribution is -0.384. The maximum absolute atomic E-state index is 11.9. The molecule has 0 spiro atoms. The molecule has 2 rings (SSSR count). The molecule has 0 radical (unpaired) electrons. The van der Waals surface area contributed by atoms with Gasteiger partial charge in [-0.2, -0.15) is 0 Å². The van der Waals surface area contributed by atoms with Gasteiger partial charge in [-0.3, -0.25) is 19.7 Å². The van der Waals surface area contributed by atoms with Crippen molar-refractivity contribution >= 4 is 40.5 Å². The molecule has 0 aliphatic carbocycles. The second-order valence-electron chi connectivity index (χ2n) is 4.88. The van der Waals surface area contributed by atoms with Crippen molar-refractivity contribution in [3.05, 3.63) is 63.2 Å². The van der Waals surface area contributed by atoms with E-state index in [-0.39, 0.29) is 16.4 Å². The molecule has 0 unspecified atom stereocenters. The summed E-state index contributed by atoms with van der Waals surface area (Å²) >= 11 is 5.69. The van der Waals surface area contributed by atoms with Crippen molar-refractivity contribution in [2.45, 2.75) is 13.3 Å². The number of hydrogen-bond acceptors (Lipinski definition) is 4. The Balaban J connectivity index is 2.04. The summed E-state index contributed by atoms with van der Waals surface area (Å²) in [5.41, 5.74) is 1.33. The Morgan fingerprint density at radius 2 is 1.58 bits per heavy atom. The monoisotopic (exact) mass is 347 g/mol. The van der Waals surface area contributed by atoms with Crippen LogP contribution in [0, 0.1) is 10.1 Å². The fourth-order valence-corrected chi connectivity index (χ4v) is 2.12. The van der Waals surface area contributed by atoms with Crippen molar-refractivity contribution in [3.8, 4) is 0 Å². The zero-order valence-electron chi connectivity index (χ0n) is 12.7.